The lowest BCUT2D eigenvalue weighted by molar-refractivity contribution is -0.0969. The predicted molar refractivity (Wildman–Crippen MR) is 68.5 cm³/mol. The molecule has 4 bridgehead atoms. The molecule has 5 fully saturated rings. The monoisotopic (exact) mass is 234 g/mol. The molecule has 1 N–H and O–H groups in total. The zero-order valence-corrected chi connectivity index (χ0v) is 10.9. The Morgan fingerprint density at radius 1 is 0.882 bits per heavy atom. The van der Waals surface area contributed by atoms with Crippen LogP contribution in [-0.4, -0.2) is 11.2 Å². The van der Waals surface area contributed by atoms with Crippen molar-refractivity contribution in [1.29, 1.82) is 0 Å². The van der Waals surface area contributed by atoms with Crippen LogP contribution < -0.4 is 0 Å². The molecule has 5 aliphatic rings. The van der Waals surface area contributed by atoms with Crippen LogP contribution in [0.2, 0.25) is 0 Å². The van der Waals surface area contributed by atoms with E-state index in [-0.39, 0.29) is 6.10 Å². The molecule has 1 nitrogen and oxygen atoms in total. The smallest absolute Gasteiger partial charge is 0.0576 e. The van der Waals surface area contributed by atoms with Gasteiger partial charge in [0.1, 0.15) is 0 Å². The summed E-state index contributed by atoms with van der Waals surface area (Å²) >= 11 is 0. The molecule has 0 spiro atoms. The zero-order valence-electron chi connectivity index (χ0n) is 10.9. The Morgan fingerprint density at radius 2 is 1.47 bits per heavy atom. The highest BCUT2D eigenvalue weighted by Gasteiger charge is 2.50. The highest BCUT2D eigenvalue weighted by atomic mass is 16.3. The number of hydrogen-bond donors (Lipinski definition) is 1. The van der Waals surface area contributed by atoms with E-state index in [0.717, 1.165) is 36.0 Å². The van der Waals surface area contributed by atoms with E-state index < -0.39 is 0 Å². The summed E-state index contributed by atoms with van der Waals surface area (Å²) in [6, 6.07) is 0. The van der Waals surface area contributed by atoms with Crippen LogP contribution in [0.25, 0.3) is 0 Å². The molecule has 0 heterocycles. The lowest BCUT2D eigenvalue weighted by Crippen LogP contribution is -2.49. The Balaban J connectivity index is 1.46. The van der Waals surface area contributed by atoms with Crippen LogP contribution >= 0.6 is 0 Å². The third-order valence-electron chi connectivity index (χ3n) is 6.54. The number of rotatable bonds is 3. The molecule has 5 rings (SSSR count). The van der Waals surface area contributed by atoms with E-state index in [2.05, 4.69) is 0 Å². The minimum Gasteiger partial charge on any atom is -0.393 e. The van der Waals surface area contributed by atoms with E-state index in [9.17, 15) is 5.11 Å². The van der Waals surface area contributed by atoms with Crippen molar-refractivity contribution in [3.63, 3.8) is 0 Å². The van der Waals surface area contributed by atoms with Gasteiger partial charge in [0.2, 0.25) is 0 Å². The summed E-state index contributed by atoms with van der Waals surface area (Å²) in [7, 11) is 0. The molecular weight excluding hydrogens is 208 g/mol. The number of aliphatic hydroxyl groups excluding tert-OH is 1. The van der Waals surface area contributed by atoms with Gasteiger partial charge in [-0.25, -0.2) is 0 Å². The van der Waals surface area contributed by atoms with Gasteiger partial charge in [-0.1, -0.05) is 19.3 Å². The molecule has 1 unspecified atom stereocenters. The van der Waals surface area contributed by atoms with Crippen LogP contribution in [-0.2, 0) is 0 Å². The van der Waals surface area contributed by atoms with Gasteiger partial charge in [0.15, 0.2) is 0 Å². The normalized spacial score (nSPS) is 50.3. The van der Waals surface area contributed by atoms with Gasteiger partial charge in [-0.3, -0.25) is 0 Å². The van der Waals surface area contributed by atoms with Crippen LogP contribution in [0.15, 0.2) is 0 Å². The van der Waals surface area contributed by atoms with Crippen LogP contribution in [0.3, 0.4) is 0 Å². The third-order valence-corrected chi connectivity index (χ3v) is 6.54. The largest absolute Gasteiger partial charge is 0.393 e. The SMILES string of the molecule is OC(CC1CCC1)C1C2CC3CC(C2)CC1C3. The van der Waals surface area contributed by atoms with Crippen molar-refractivity contribution < 1.29 is 5.11 Å². The molecule has 0 aromatic heterocycles. The van der Waals surface area contributed by atoms with Gasteiger partial charge in [-0.2, -0.15) is 0 Å². The fraction of sp³-hybridized carbons (Fsp3) is 1.00. The summed E-state index contributed by atoms with van der Waals surface area (Å²) < 4.78 is 0. The predicted octanol–water partition coefficient (Wildman–Crippen LogP) is 3.61. The Morgan fingerprint density at radius 3 is 1.94 bits per heavy atom. The van der Waals surface area contributed by atoms with Crippen molar-refractivity contribution in [2.45, 2.75) is 63.9 Å². The van der Waals surface area contributed by atoms with Gasteiger partial charge >= 0.3 is 0 Å². The van der Waals surface area contributed by atoms with Crippen molar-refractivity contribution in [2.24, 2.45) is 35.5 Å². The van der Waals surface area contributed by atoms with E-state index in [1.54, 1.807) is 0 Å². The minimum absolute atomic E-state index is 0.0512. The molecule has 5 aliphatic carbocycles. The Bertz CT molecular complexity index is 266. The fourth-order valence-corrected chi connectivity index (χ4v) is 5.82. The molecule has 0 aromatic rings. The Hall–Kier alpha value is -0.0400. The first-order valence-electron chi connectivity index (χ1n) is 7.97. The Kier molecular flexibility index (Phi) is 2.54. The minimum atomic E-state index is 0.0512. The first-order valence-corrected chi connectivity index (χ1v) is 7.97. The van der Waals surface area contributed by atoms with Crippen LogP contribution in [0.1, 0.15) is 57.8 Å². The Labute approximate surface area is 105 Å². The summed E-state index contributed by atoms with van der Waals surface area (Å²) in [5, 5.41) is 10.6. The number of hydrogen-bond acceptors (Lipinski definition) is 1. The number of aliphatic hydroxyl groups is 1. The summed E-state index contributed by atoms with van der Waals surface area (Å²) in [6.07, 6.45) is 12.7. The summed E-state index contributed by atoms with van der Waals surface area (Å²) in [5.41, 5.74) is 0. The molecule has 0 radical (unpaired) electrons. The topological polar surface area (TPSA) is 20.2 Å². The summed E-state index contributed by atoms with van der Waals surface area (Å²) in [4.78, 5) is 0. The molecule has 5 saturated carbocycles. The summed E-state index contributed by atoms with van der Waals surface area (Å²) in [5.74, 6) is 5.47. The molecule has 0 amide bonds. The standard InChI is InChI=1S/C16H26O/c17-15(9-10-2-1-3-10)16-13-5-11-4-12(7-13)8-14(16)6-11/h10-17H,1-9H2. The maximum Gasteiger partial charge on any atom is 0.0576 e. The second-order valence-corrected chi connectivity index (χ2v) is 7.61. The molecular formula is C16H26O. The van der Waals surface area contributed by atoms with Crippen molar-refractivity contribution in [3.05, 3.63) is 0 Å². The van der Waals surface area contributed by atoms with E-state index in [1.165, 1.54) is 51.4 Å². The third kappa shape index (κ3) is 1.77. The van der Waals surface area contributed by atoms with E-state index in [0.29, 0.717) is 5.92 Å². The summed E-state index contributed by atoms with van der Waals surface area (Å²) in [6.45, 7) is 0. The molecule has 1 atom stereocenters. The lowest BCUT2D eigenvalue weighted by atomic mass is 9.50. The molecule has 0 aliphatic heterocycles. The van der Waals surface area contributed by atoms with E-state index >= 15 is 0 Å². The second kappa shape index (κ2) is 3.98. The van der Waals surface area contributed by atoms with Crippen molar-refractivity contribution >= 4 is 0 Å². The van der Waals surface area contributed by atoms with Gasteiger partial charge in [-0.05, 0) is 74.0 Å². The van der Waals surface area contributed by atoms with Gasteiger partial charge in [0.05, 0.1) is 6.10 Å². The van der Waals surface area contributed by atoms with Crippen LogP contribution in [0, 0.1) is 35.5 Å². The van der Waals surface area contributed by atoms with Crippen molar-refractivity contribution in [2.75, 3.05) is 0 Å². The molecule has 96 valence electrons. The fourth-order valence-electron chi connectivity index (χ4n) is 5.82. The average Bonchev–Trinajstić information content (AvgIpc) is 2.22. The molecule has 0 aromatic carbocycles. The van der Waals surface area contributed by atoms with Crippen molar-refractivity contribution in [3.8, 4) is 0 Å². The quantitative estimate of drug-likeness (QED) is 0.791. The average molecular weight is 234 g/mol. The van der Waals surface area contributed by atoms with E-state index in [1.807, 2.05) is 0 Å². The first kappa shape index (κ1) is 10.8. The van der Waals surface area contributed by atoms with Gasteiger partial charge in [-0.15, -0.1) is 0 Å². The zero-order chi connectivity index (χ0) is 11.4. The van der Waals surface area contributed by atoms with Gasteiger partial charge in [0, 0.05) is 0 Å². The van der Waals surface area contributed by atoms with Crippen LogP contribution in [0.4, 0.5) is 0 Å². The van der Waals surface area contributed by atoms with E-state index in [4.69, 9.17) is 0 Å². The van der Waals surface area contributed by atoms with Crippen LogP contribution in [0.5, 0.6) is 0 Å². The first-order chi connectivity index (χ1) is 8.29. The highest BCUT2D eigenvalue weighted by Crippen LogP contribution is 2.58. The van der Waals surface area contributed by atoms with Gasteiger partial charge < -0.3 is 5.11 Å². The maximum absolute atomic E-state index is 10.6. The molecule has 1 heteroatoms. The molecule has 17 heavy (non-hydrogen) atoms. The van der Waals surface area contributed by atoms with Gasteiger partial charge in [0.25, 0.3) is 0 Å². The lowest BCUT2D eigenvalue weighted by Gasteiger charge is -2.56. The highest BCUT2D eigenvalue weighted by molar-refractivity contribution is 5.00. The molecule has 0 saturated heterocycles. The second-order valence-electron chi connectivity index (χ2n) is 7.61. The van der Waals surface area contributed by atoms with Crippen molar-refractivity contribution in [1.82, 2.24) is 0 Å². The maximum atomic E-state index is 10.6.